The minimum atomic E-state index is -2.69. The van der Waals surface area contributed by atoms with E-state index in [2.05, 4.69) is 70.4 Å². The third-order valence-electron chi connectivity index (χ3n) is 22.8. The van der Waals surface area contributed by atoms with Crippen LogP contribution in [-0.4, -0.2) is 73.7 Å². The van der Waals surface area contributed by atoms with Crippen LogP contribution in [0.25, 0.3) is 0 Å². The molecule has 0 saturated carbocycles. The van der Waals surface area contributed by atoms with Gasteiger partial charge in [-0.3, -0.25) is 0 Å². The zero-order valence-electron chi connectivity index (χ0n) is 84.5. The Morgan fingerprint density at radius 3 is 0.826 bits per heavy atom. The number of nitrogens with one attached hydrogen (secondary N) is 6. The number of methoxy groups -OCH3 is 6. The molecule has 12 aromatic rings. The van der Waals surface area contributed by atoms with Gasteiger partial charge >= 0.3 is 0 Å². The van der Waals surface area contributed by atoms with Crippen molar-refractivity contribution < 1.29 is 114 Å². The highest BCUT2D eigenvalue weighted by molar-refractivity contribution is 14.1. The molecule has 0 amide bonds. The number of hydrogen-bond acceptors (Lipinski definition) is 18. The van der Waals surface area contributed by atoms with E-state index in [4.69, 9.17) is 142 Å². The molecular formula is C109H112BrClF13IN6O12S6. The first-order chi connectivity index (χ1) is 70.6. The molecule has 798 valence electrons. The summed E-state index contributed by atoms with van der Waals surface area (Å²) in [7, 11) is 8.72. The SMILES string of the molecule is COC(=S)Nc1cccc(Br)c1COc1cc(C)c(C)cc1C(F)F.COC(=S)Nc1cccc(C)c1COc1cc(C)c(C)cc1C(F)F.COC(=S)Nc1cccc(Cl)c1COc1cc(C)c(C)cc1C(F)F.COC(=S)Nc1cccc(F)c1COc1cc(C)c(C)cc1C(F)F.COC(=S)Nc1cccc(I)c1COc1cc(C)c(C)cc1C(F)F.COC(=S)Nc1ccccc1COc1cc(C)c(C)cc1C(F)F. The molecule has 40 heteroatoms. The number of rotatable bonds is 30. The average molecular weight is 2380 g/mol. The van der Waals surface area contributed by atoms with Gasteiger partial charge in [-0.15, -0.1) is 0 Å². The Hall–Kier alpha value is -11.8. The molecule has 0 saturated heterocycles. The first-order valence-corrected chi connectivity index (χ1v) is 49.8. The second kappa shape index (κ2) is 60.9. The van der Waals surface area contributed by atoms with Crippen molar-refractivity contribution >= 4 is 189 Å². The highest BCUT2D eigenvalue weighted by Crippen LogP contribution is 2.42. The van der Waals surface area contributed by atoms with Crippen molar-refractivity contribution in [1.29, 1.82) is 0 Å². The molecule has 0 aromatic heterocycles. The van der Waals surface area contributed by atoms with Gasteiger partial charge in [0.2, 0.25) is 0 Å². The molecule has 0 heterocycles. The predicted octanol–water partition coefficient (Wildman–Crippen LogP) is 33.4. The zero-order valence-corrected chi connectivity index (χ0v) is 93.9. The Morgan fingerprint density at radius 2 is 0.497 bits per heavy atom. The number of ether oxygens (including phenoxy) is 12. The van der Waals surface area contributed by atoms with Crippen LogP contribution in [0, 0.1) is 99.4 Å². The highest BCUT2D eigenvalue weighted by atomic mass is 127. The maximum absolute atomic E-state index is 14.2. The van der Waals surface area contributed by atoms with E-state index in [1.165, 1.54) is 97.3 Å². The van der Waals surface area contributed by atoms with Crippen LogP contribution >= 0.6 is 123 Å². The molecule has 0 radical (unpaired) electrons. The minimum absolute atomic E-state index is 0.0105. The Labute approximate surface area is 918 Å². The molecular weight excluding hydrogens is 2270 g/mol. The van der Waals surface area contributed by atoms with Gasteiger partial charge < -0.3 is 88.7 Å². The smallest absolute Gasteiger partial charge is 0.267 e. The van der Waals surface area contributed by atoms with E-state index < -0.39 is 44.4 Å². The Balaban J connectivity index is 0.000000242. The molecule has 0 spiro atoms. The molecule has 12 aromatic carbocycles. The van der Waals surface area contributed by atoms with Gasteiger partial charge in [-0.05, 0) is 392 Å². The van der Waals surface area contributed by atoms with Gasteiger partial charge in [-0.1, -0.05) is 82.1 Å². The van der Waals surface area contributed by atoms with Gasteiger partial charge in [-0.2, -0.15) is 0 Å². The maximum Gasteiger partial charge on any atom is 0.267 e. The minimum Gasteiger partial charge on any atom is -0.488 e. The summed E-state index contributed by atoms with van der Waals surface area (Å²) in [6.45, 7) is 24.1. The number of alkyl halides is 12. The van der Waals surface area contributed by atoms with Gasteiger partial charge in [-0.25, -0.2) is 57.1 Å². The van der Waals surface area contributed by atoms with Gasteiger partial charge in [0, 0.05) is 74.9 Å². The van der Waals surface area contributed by atoms with Crippen molar-refractivity contribution in [2.45, 2.75) is 168 Å². The van der Waals surface area contributed by atoms with Crippen molar-refractivity contribution in [3.05, 3.63) is 346 Å². The van der Waals surface area contributed by atoms with Crippen molar-refractivity contribution in [3.63, 3.8) is 0 Å². The maximum atomic E-state index is 14.2. The number of halogens is 16. The lowest BCUT2D eigenvalue weighted by atomic mass is 10.0. The fourth-order valence-corrected chi connectivity index (χ4v) is 15.6. The van der Waals surface area contributed by atoms with Crippen LogP contribution in [0.1, 0.15) is 178 Å². The van der Waals surface area contributed by atoms with Crippen LogP contribution in [0.4, 0.5) is 91.2 Å². The van der Waals surface area contributed by atoms with Crippen LogP contribution < -0.4 is 60.3 Å². The summed E-state index contributed by atoms with van der Waals surface area (Å²) in [6, 6.07) is 52.1. The summed E-state index contributed by atoms with van der Waals surface area (Å²) in [5.41, 5.74) is 18.0. The molecule has 0 atom stereocenters. The average Bonchev–Trinajstić information content (AvgIpc) is 0.825. The molecule has 0 aliphatic carbocycles. The van der Waals surface area contributed by atoms with Crippen molar-refractivity contribution in [3.8, 4) is 34.5 Å². The van der Waals surface area contributed by atoms with E-state index in [-0.39, 0.29) is 144 Å². The first-order valence-electron chi connectivity index (χ1n) is 45.1. The molecule has 18 nitrogen and oxygen atoms in total. The van der Waals surface area contributed by atoms with E-state index in [0.717, 1.165) is 114 Å². The van der Waals surface area contributed by atoms with E-state index in [1.54, 1.807) is 103 Å². The molecule has 12 rings (SSSR count). The quantitative estimate of drug-likeness (QED) is 0.0142. The predicted molar refractivity (Wildman–Crippen MR) is 599 cm³/mol. The lowest BCUT2D eigenvalue weighted by molar-refractivity contribution is 0.143. The van der Waals surface area contributed by atoms with Crippen molar-refractivity contribution in [2.75, 3.05) is 74.6 Å². The Bertz CT molecular complexity index is 5910. The Morgan fingerprint density at radius 1 is 0.268 bits per heavy atom. The summed E-state index contributed by atoms with van der Waals surface area (Å²) in [5, 5.41) is 19.0. The third kappa shape index (κ3) is 37.6. The van der Waals surface area contributed by atoms with Gasteiger partial charge in [0.05, 0.1) is 81.7 Å². The van der Waals surface area contributed by atoms with E-state index >= 15 is 0 Å². The molecule has 0 aliphatic rings. The number of aryl methyl sites for hydroxylation is 13. The number of thiocarbonyl (C=S) groups is 6. The van der Waals surface area contributed by atoms with Gasteiger partial charge in [0.15, 0.2) is 0 Å². The molecule has 0 aliphatic heterocycles. The van der Waals surface area contributed by atoms with Gasteiger partial charge in [0.1, 0.15) is 80.0 Å². The summed E-state index contributed by atoms with van der Waals surface area (Å²) in [5.74, 6) is 0.386. The fraction of sp³-hybridized carbons (Fsp3) is 0.284. The lowest BCUT2D eigenvalue weighted by Gasteiger charge is -2.17. The monoisotopic (exact) mass is 2380 g/mol. The standard InChI is InChI=1S/C19H21F2NO2S.C18H18BrF2NO2S.C18H18ClF2NO2S.C18H18F3NO2S.C18H18F2INO2S.C18H19F2NO2S/c1-11-6-5-7-16(22-19(25)23-4)15(11)10-24-17-9-13(3)12(2)8-14(17)18(20)21;3*1-10-7-12(17(20)21)16(8-11(10)2)24-9-13-14(19)5-4-6-15(13)22-18(25)23-3;1-10-7-12(17(19)20)16(8-11(10)2)24-9-13-14(21)5-4-6-15(13)22-18(25)23-3;1-11-8-14(17(19)20)16(9-12(11)2)23-10-13-6-4-5-7-15(13)21-18(24)22-3/h5-9,18H,10H2,1-4H3,(H,22,25);4*4-8,17H,9H2,1-3H3,(H,22,25);4-9,17H,10H2,1-3H3,(H,21,24). The molecule has 0 fully saturated rings. The van der Waals surface area contributed by atoms with Crippen molar-refractivity contribution in [2.24, 2.45) is 0 Å². The fourth-order valence-electron chi connectivity index (χ4n) is 13.6. The number of benzene rings is 12. The number of anilines is 6. The normalized spacial score (nSPS) is 10.7. The van der Waals surface area contributed by atoms with Crippen LogP contribution in [0.3, 0.4) is 0 Å². The molecule has 0 bridgehead atoms. The lowest BCUT2D eigenvalue weighted by Crippen LogP contribution is -2.14. The van der Waals surface area contributed by atoms with Crippen LogP contribution in [0.5, 0.6) is 34.5 Å². The van der Waals surface area contributed by atoms with E-state index in [9.17, 15) is 57.1 Å². The van der Waals surface area contributed by atoms with Gasteiger partial charge in [0.25, 0.3) is 69.6 Å². The first kappa shape index (κ1) is 124. The molecule has 0 unspecified atom stereocenters. The zero-order chi connectivity index (χ0) is 110. The van der Waals surface area contributed by atoms with E-state index in [0.29, 0.717) is 33.3 Å². The topological polar surface area (TPSA) is 183 Å². The number of hydrogen-bond donors (Lipinski definition) is 6. The van der Waals surface area contributed by atoms with Crippen LogP contribution in [0.2, 0.25) is 5.02 Å². The Kier molecular flexibility index (Phi) is 50.7. The van der Waals surface area contributed by atoms with E-state index in [1.807, 2.05) is 120 Å². The second-order valence-corrected chi connectivity index (χ2v) is 37.6. The second-order valence-electron chi connectivity index (χ2n) is 32.9. The summed E-state index contributed by atoms with van der Waals surface area (Å²) >= 11 is 41.8. The van der Waals surface area contributed by atoms with Crippen LogP contribution in [-0.2, 0) is 68.1 Å². The summed E-state index contributed by atoms with van der Waals surface area (Å²) in [6.07, 6.45) is -15.7. The summed E-state index contributed by atoms with van der Waals surface area (Å²) in [4.78, 5) is 0. The number of para-hydroxylation sites is 1. The largest absolute Gasteiger partial charge is 0.488 e. The molecule has 149 heavy (non-hydrogen) atoms. The third-order valence-corrected chi connectivity index (χ3v) is 26.6. The molecule has 6 N–H and O–H groups in total. The van der Waals surface area contributed by atoms with Crippen LogP contribution in [0.15, 0.2) is 193 Å². The summed E-state index contributed by atoms with van der Waals surface area (Å²) < 4.78 is 239. The highest BCUT2D eigenvalue weighted by Gasteiger charge is 2.26. The van der Waals surface area contributed by atoms with Crippen molar-refractivity contribution in [1.82, 2.24) is 0 Å².